The van der Waals surface area contributed by atoms with Gasteiger partial charge in [-0.05, 0) is 63.7 Å². The maximum atomic E-state index is 12.5. The number of carboxylic acid groups (broad SMARTS) is 1. The molecule has 0 radical (unpaired) electrons. The molecule has 0 aromatic rings. The Hall–Kier alpha value is -2.22. The van der Waals surface area contributed by atoms with Crippen LogP contribution in [0.4, 0.5) is 0 Å². The summed E-state index contributed by atoms with van der Waals surface area (Å²) >= 11 is 5.20. The minimum Gasteiger partial charge on any atom is -0.480 e. The molecular weight excluding hydrogens is 342 g/mol. The Bertz CT molecular complexity index is 616. The number of rotatable bonds is 5. The topological polar surface area (TPSA) is 81.2 Å². The molecule has 0 aromatic heterocycles. The van der Waals surface area contributed by atoms with E-state index in [9.17, 15) is 19.5 Å². The predicted molar refractivity (Wildman–Crippen MR) is 96.6 cm³/mol. The summed E-state index contributed by atoms with van der Waals surface area (Å²) in [6.07, 6.45) is 7.06. The molecule has 136 valence electrons. The Labute approximate surface area is 152 Å². The van der Waals surface area contributed by atoms with E-state index in [-0.39, 0.29) is 10.7 Å². The van der Waals surface area contributed by atoms with Gasteiger partial charge < -0.3 is 10.0 Å². The minimum atomic E-state index is -0.860. The van der Waals surface area contributed by atoms with Crippen molar-refractivity contribution in [1.82, 2.24) is 14.7 Å². The summed E-state index contributed by atoms with van der Waals surface area (Å²) in [7, 11) is 0. The van der Waals surface area contributed by atoms with Crippen molar-refractivity contribution in [3.05, 3.63) is 23.9 Å². The third-order valence-corrected chi connectivity index (χ3v) is 4.86. The number of hydrogen-bond acceptors (Lipinski definition) is 5. The maximum Gasteiger partial charge on any atom is 0.326 e. The Morgan fingerprint density at radius 3 is 2.32 bits per heavy atom. The van der Waals surface area contributed by atoms with Crippen LogP contribution in [-0.4, -0.2) is 68.4 Å². The van der Waals surface area contributed by atoms with E-state index in [0.29, 0.717) is 26.1 Å². The van der Waals surface area contributed by atoms with E-state index in [2.05, 4.69) is 0 Å². The first kappa shape index (κ1) is 19.1. The monoisotopic (exact) mass is 365 g/mol. The van der Waals surface area contributed by atoms with Gasteiger partial charge in [0.15, 0.2) is 5.11 Å². The molecular formula is C17H23N3O4S. The van der Waals surface area contributed by atoms with Crippen molar-refractivity contribution in [2.75, 3.05) is 19.6 Å². The Morgan fingerprint density at radius 2 is 1.80 bits per heavy atom. The highest BCUT2D eigenvalue weighted by Gasteiger charge is 2.37. The molecule has 1 unspecified atom stereocenters. The molecule has 7 nitrogen and oxygen atoms in total. The summed E-state index contributed by atoms with van der Waals surface area (Å²) in [6, 6.07) is -0.562. The molecule has 2 saturated heterocycles. The average molecular weight is 365 g/mol. The molecule has 25 heavy (non-hydrogen) atoms. The number of carbonyl (C=O) groups excluding carboxylic acids is 2. The molecule has 2 fully saturated rings. The summed E-state index contributed by atoms with van der Waals surface area (Å²) in [5.74, 6) is -1.69. The highest BCUT2D eigenvalue weighted by atomic mass is 32.1. The van der Waals surface area contributed by atoms with Crippen molar-refractivity contribution in [3.63, 3.8) is 0 Å². The quantitative estimate of drug-likeness (QED) is 0.450. The van der Waals surface area contributed by atoms with E-state index < -0.39 is 23.8 Å². The SMILES string of the molecule is CCN1C(=O)C(=C/C=C/N2CCCCC2C(=O)O)C(=O)N(CC)C1=S. The van der Waals surface area contributed by atoms with Crippen LogP contribution < -0.4 is 0 Å². The maximum absolute atomic E-state index is 12.5. The zero-order valence-corrected chi connectivity index (χ0v) is 15.3. The van der Waals surface area contributed by atoms with E-state index >= 15 is 0 Å². The van der Waals surface area contributed by atoms with Crippen molar-refractivity contribution in [3.8, 4) is 0 Å². The summed E-state index contributed by atoms with van der Waals surface area (Å²) in [4.78, 5) is 40.8. The van der Waals surface area contributed by atoms with E-state index in [1.165, 1.54) is 15.9 Å². The van der Waals surface area contributed by atoms with Crippen LogP contribution in [0.3, 0.4) is 0 Å². The van der Waals surface area contributed by atoms with Crippen molar-refractivity contribution in [2.24, 2.45) is 0 Å². The van der Waals surface area contributed by atoms with Crippen LogP contribution in [0.15, 0.2) is 23.9 Å². The van der Waals surface area contributed by atoms with Crippen molar-refractivity contribution < 1.29 is 19.5 Å². The van der Waals surface area contributed by atoms with Gasteiger partial charge in [0.05, 0.1) is 0 Å². The smallest absolute Gasteiger partial charge is 0.326 e. The molecule has 2 aliphatic rings. The van der Waals surface area contributed by atoms with Gasteiger partial charge in [-0.25, -0.2) is 4.79 Å². The van der Waals surface area contributed by atoms with Crippen LogP contribution in [-0.2, 0) is 14.4 Å². The second-order valence-electron chi connectivity index (χ2n) is 5.89. The molecule has 0 aromatic carbocycles. The summed E-state index contributed by atoms with van der Waals surface area (Å²) in [5.41, 5.74) is 0.0393. The van der Waals surface area contributed by atoms with Crippen LogP contribution >= 0.6 is 12.2 Å². The lowest BCUT2D eigenvalue weighted by molar-refractivity contribution is -0.143. The molecule has 0 bridgehead atoms. The van der Waals surface area contributed by atoms with Crippen molar-refractivity contribution in [1.29, 1.82) is 0 Å². The summed E-state index contributed by atoms with van der Waals surface area (Å²) in [6.45, 7) is 5.01. The van der Waals surface area contributed by atoms with E-state index in [0.717, 1.165) is 12.8 Å². The average Bonchev–Trinajstić information content (AvgIpc) is 2.59. The van der Waals surface area contributed by atoms with Gasteiger partial charge in [-0.1, -0.05) is 0 Å². The number of amides is 2. The third kappa shape index (κ3) is 3.89. The number of carbonyl (C=O) groups is 3. The molecule has 0 spiro atoms. The molecule has 0 saturated carbocycles. The summed E-state index contributed by atoms with van der Waals surface area (Å²) < 4.78 is 0. The molecule has 2 rings (SSSR count). The zero-order valence-electron chi connectivity index (χ0n) is 14.5. The number of hydrogen-bond donors (Lipinski definition) is 1. The molecule has 2 aliphatic heterocycles. The van der Waals surface area contributed by atoms with Crippen LogP contribution in [0.25, 0.3) is 0 Å². The number of aliphatic carboxylic acids is 1. The number of nitrogens with zero attached hydrogens (tertiary/aromatic N) is 3. The van der Waals surface area contributed by atoms with Gasteiger partial charge >= 0.3 is 5.97 Å². The first-order valence-corrected chi connectivity index (χ1v) is 8.87. The van der Waals surface area contributed by atoms with Crippen molar-refractivity contribution in [2.45, 2.75) is 39.2 Å². The second-order valence-corrected chi connectivity index (χ2v) is 6.26. The lowest BCUT2D eigenvalue weighted by Crippen LogP contribution is -2.55. The lowest BCUT2D eigenvalue weighted by atomic mass is 10.0. The number of carboxylic acids is 1. The van der Waals surface area contributed by atoms with Gasteiger partial charge in [0.25, 0.3) is 11.8 Å². The van der Waals surface area contributed by atoms with Gasteiger partial charge in [0.1, 0.15) is 11.6 Å². The standard InChI is InChI=1S/C17H23N3O4S/c1-3-19-14(21)12(15(22)20(4-2)17(19)25)8-7-11-18-10-6-5-9-13(18)16(23)24/h7-8,11,13H,3-6,9-10H2,1-2H3,(H,23,24)/b11-7+. The fourth-order valence-electron chi connectivity index (χ4n) is 3.05. The van der Waals surface area contributed by atoms with Crippen molar-refractivity contribution >= 4 is 35.1 Å². The zero-order chi connectivity index (χ0) is 18.6. The fourth-order valence-corrected chi connectivity index (χ4v) is 3.47. The summed E-state index contributed by atoms with van der Waals surface area (Å²) in [5, 5.41) is 9.50. The van der Waals surface area contributed by atoms with E-state index in [1.807, 2.05) is 0 Å². The number of likely N-dealkylation sites (tertiary alicyclic amines) is 1. The molecule has 1 N–H and O–H groups in total. The van der Waals surface area contributed by atoms with E-state index in [1.54, 1.807) is 31.0 Å². The molecule has 0 aliphatic carbocycles. The fraction of sp³-hybridized carbons (Fsp3) is 0.529. The van der Waals surface area contributed by atoms with Gasteiger partial charge in [-0.2, -0.15) is 0 Å². The Kier molecular flexibility index (Phi) is 6.30. The van der Waals surface area contributed by atoms with E-state index in [4.69, 9.17) is 12.2 Å². The molecule has 2 heterocycles. The number of likely N-dealkylation sites (N-methyl/N-ethyl adjacent to an activating group) is 2. The second kappa shape index (κ2) is 8.24. The highest BCUT2D eigenvalue weighted by molar-refractivity contribution is 7.80. The number of allylic oxidation sites excluding steroid dienone is 2. The normalized spacial score (nSPS) is 22.2. The molecule has 1 atom stereocenters. The third-order valence-electron chi connectivity index (χ3n) is 4.42. The number of thiocarbonyl (C=S) groups is 1. The van der Waals surface area contributed by atoms with Gasteiger partial charge in [0.2, 0.25) is 0 Å². The van der Waals surface area contributed by atoms with Gasteiger partial charge in [0, 0.05) is 19.6 Å². The lowest BCUT2D eigenvalue weighted by Gasteiger charge is -2.35. The first-order chi connectivity index (χ1) is 11.9. The minimum absolute atomic E-state index is 0.0393. The highest BCUT2D eigenvalue weighted by Crippen LogP contribution is 2.19. The van der Waals surface area contributed by atoms with Crippen LogP contribution in [0.2, 0.25) is 0 Å². The first-order valence-electron chi connectivity index (χ1n) is 8.47. The predicted octanol–water partition coefficient (Wildman–Crippen LogP) is 1.36. The molecule has 2 amide bonds. The molecule has 8 heteroatoms. The Balaban J connectivity index is 2.22. The van der Waals surface area contributed by atoms with Crippen LogP contribution in [0.1, 0.15) is 33.1 Å². The Morgan fingerprint density at radius 1 is 1.20 bits per heavy atom. The van der Waals surface area contributed by atoms with Gasteiger partial charge in [-0.3, -0.25) is 19.4 Å². The van der Waals surface area contributed by atoms with Gasteiger partial charge in [-0.15, -0.1) is 0 Å². The number of piperidine rings is 1. The van der Waals surface area contributed by atoms with Crippen LogP contribution in [0, 0.1) is 0 Å². The van der Waals surface area contributed by atoms with Crippen LogP contribution in [0.5, 0.6) is 0 Å². The largest absolute Gasteiger partial charge is 0.480 e.